The number of para-hydroxylation sites is 1. The Morgan fingerprint density at radius 3 is 2.86 bits per heavy atom. The fourth-order valence-electron chi connectivity index (χ4n) is 2.09. The molecule has 4 aromatic rings. The van der Waals surface area contributed by atoms with Gasteiger partial charge in [0.15, 0.2) is 5.76 Å². The van der Waals surface area contributed by atoms with Crippen molar-refractivity contribution in [3.05, 3.63) is 48.8 Å². The second-order valence-corrected chi connectivity index (χ2v) is 4.46. The van der Waals surface area contributed by atoms with Crippen LogP contribution in [0.3, 0.4) is 0 Å². The number of pyridine rings is 1. The summed E-state index contributed by atoms with van der Waals surface area (Å²) in [7, 11) is 0. The van der Waals surface area contributed by atoms with Gasteiger partial charge in [-0.1, -0.05) is 23.4 Å². The number of hydrogen-bond donors (Lipinski definition) is 1. The van der Waals surface area contributed by atoms with Gasteiger partial charge in [-0.25, -0.2) is 0 Å². The molecule has 6 nitrogen and oxygen atoms in total. The van der Waals surface area contributed by atoms with E-state index in [9.17, 15) is 5.11 Å². The lowest BCUT2D eigenvalue weighted by atomic mass is 10.2. The molecule has 0 saturated carbocycles. The first-order chi connectivity index (χ1) is 10.3. The maximum Gasteiger partial charge on any atom is 0.262 e. The van der Waals surface area contributed by atoms with E-state index in [2.05, 4.69) is 15.1 Å². The van der Waals surface area contributed by atoms with E-state index in [0.29, 0.717) is 17.1 Å². The molecule has 0 aliphatic heterocycles. The Balaban J connectivity index is 1.79. The summed E-state index contributed by atoms with van der Waals surface area (Å²) in [5.74, 6) is 1.04. The molecule has 0 spiro atoms. The molecule has 0 aliphatic carbocycles. The summed E-state index contributed by atoms with van der Waals surface area (Å²) >= 11 is 0. The number of nitrogens with zero attached hydrogens (tertiary/aromatic N) is 3. The van der Waals surface area contributed by atoms with Crippen LogP contribution in [0.15, 0.2) is 57.7 Å². The van der Waals surface area contributed by atoms with Crippen molar-refractivity contribution in [3.63, 3.8) is 0 Å². The standard InChI is InChI=1S/C15H9N3O3/c19-11-8-16-6-5-10(11)15-17-14(18-21-15)13-7-9-3-1-2-4-12(9)20-13/h1-8,19H. The van der Waals surface area contributed by atoms with E-state index in [1.165, 1.54) is 6.20 Å². The molecular formula is C15H9N3O3. The van der Waals surface area contributed by atoms with Crippen molar-refractivity contribution < 1.29 is 14.0 Å². The highest BCUT2D eigenvalue weighted by atomic mass is 16.5. The highest BCUT2D eigenvalue weighted by Gasteiger charge is 2.16. The molecule has 102 valence electrons. The first kappa shape index (κ1) is 11.7. The normalized spacial score (nSPS) is 11.0. The van der Waals surface area contributed by atoms with E-state index in [1.807, 2.05) is 30.3 Å². The minimum atomic E-state index is -0.0164. The van der Waals surface area contributed by atoms with Gasteiger partial charge in [0.1, 0.15) is 11.3 Å². The van der Waals surface area contributed by atoms with Crippen LogP contribution >= 0.6 is 0 Å². The number of aromatic hydroxyl groups is 1. The van der Waals surface area contributed by atoms with Crippen LogP contribution in [-0.2, 0) is 0 Å². The zero-order valence-corrected chi connectivity index (χ0v) is 10.7. The van der Waals surface area contributed by atoms with Crippen LogP contribution in [0.2, 0.25) is 0 Å². The minimum absolute atomic E-state index is 0.0164. The van der Waals surface area contributed by atoms with Crippen molar-refractivity contribution in [2.45, 2.75) is 0 Å². The van der Waals surface area contributed by atoms with Crippen LogP contribution in [0.5, 0.6) is 5.75 Å². The fourth-order valence-corrected chi connectivity index (χ4v) is 2.09. The van der Waals surface area contributed by atoms with Crippen LogP contribution in [0.1, 0.15) is 0 Å². The number of benzene rings is 1. The Kier molecular flexibility index (Phi) is 2.47. The zero-order chi connectivity index (χ0) is 14.2. The lowest BCUT2D eigenvalue weighted by Crippen LogP contribution is -1.81. The molecule has 3 aromatic heterocycles. The summed E-state index contributed by atoms with van der Waals surface area (Å²) < 4.78 is 10.8. The Labute approximate surface area is 118 Å². The Hall–Kier alpha value is -3.15. The van der Waals surface area contributed by atoms with Crippen molar-refractivity contribution >= 4 is 11.0 Å². The molecule has 3 heterocycles. The lowest BCUT2D eigenvalue weighted by Gasteiger charge is -1.95. The van der Waals surface area contributed by atoms with Gasteiger partial charge in [0.25, 0.3) is 5.89 Å². The lowest BCUT2D eigenvalue weighted by molar-refractivity contribution is 0.423. The molecule has 0 amide bonds. The smallest absolute Gasteiger partial charge is 0.262 e. The molecule has 1 N–H and O–H groups in total. The molecule has 0 atom stereocenters. The van der Waals surface area contributed by atoms with Crippen molar-refractivity contribution in [2.75, 3.05) is 0 Å². The molecule has 4 rings (SSSR count). The van der Waals surface area contributed by atoms with Crippen molar-refractivity contribution in [3.8, 4) is 28.8 Å². The minimum Gasteiger partial charge on any atom is -0.505 e. The SMILES string of the molecule is Oc1cnccc1-c1nc(-c2cc3ccccc3o2)no1. The van der Waals surface area contributed by atoms with Gasteiger partial charge in [-0.05, 0) is 18.2 Å². The van der Waals surface area contributed by atoms with E-state index in [0.717, 1.165) is 11.0 Å². The molecule has 0 unspecified atom stereocenters. The molecule has 0 bridgehead atoms. The molecule has 0 fully saturated rings. The summed E-state index contributed by atoms with van der Waals surface area (Å²) in [6, 6.07) is 11.1. The third-order valence-corrected chi connectivity index (χ3v) is 3.10. The summed E-state index contributed by atoms with van der Waals surface area (Å²) in [6.45, 7) is 0. The van der Waals surface area contributed by atoms with Gasteiger partial charge < -0.3 is 14.0 Å². The van der Waals surface area contributed by atoms with Crippen LogP contribution in [0.4, 0.5) is 0 Å². The summed E-state index contributed by atoms with van der Waals surface area (Å²) in [6.07, 6.45) is 2.86. The third-order valence-electron chi connectivity index (χ3n) is 3.10. The van der Waals surface area contributed by atoms with Crippen LogP contribution in [-0.4, -0.2) is 20.2 Å². The number of hydrogen-bond acceptors (Lipinski definition) is 6. The summed E-state index contributed by atoms with van der Waals surface area (Å²) in [5.41, 5.74) is 1.19. The van der Waals surface area contributed by atoms with Gasteiger partial charge in [-0.3, -0.25) is 4.98 Å². The second-order valence-electron chi connectivity index (χ2n) is 4.46. The topological polar surface area (TPSA) is 85.2 Å². The zero-order valence-electron chi connectivity index (χ0n) is 10.7. The van der Waals surface area contributed by atoms with Gasteiger partial charge in [0.05, 0.1) is 11.8 Å². The van der Waals surface area contributed by atoms with Gasteiger partial charge in [0.2, 0.25) is 5.82 Å². The second kappa shape index (κ2) is 4.45. The van der Waals surface area contributed by atoms with Crippen LogP contribution in [0.25, 0.3) is 34.0 Å². The van der Waals surface area contributed by atoms with E-state index in [-0.39, 0.29) is 11.6 Å². The number of aromatic nitrogens is 3. The average Bonchev–Trinajstić information content (AvgIpc) is 3.14. The third kappa shape index (κ3) is 1.93. The molecule has 0 aliphatic rings. The van der Waals surface area contributed by atoms with Gasteiger partial charge in [-0.15, -0.1) is 0 Å². The quantitative estimate of drug-likeness (QED) is 0.606. The van der Waals surface area contributed by atoms with Crippen LogP contribution in [0, 0.1) is 0 Å². The Morgan fingerprint density at radius 2 is 2.00 bits per heavy atom. The highest BCUT2D eigenvalue weighted by molar-refractivity contribution is 5.81. The van der Waals surface area contributed by atoms with Gasteiger partial charge in [-0.2, -0.15) is 4.98 Å². The summed E-state index contributed by atoms with van der Waals surface area (Å²) in [5, 5.41) is 14.6. The Bertz CT molecular complexity index is 893. The monoisotopic (exact) mass is 279 g/mol. The molecule has 21 heavy (non-hydrogen) atoms. The molecule has 1 aromatic carbocycles. The summed E-state index contributed by atoms with van der Waals surface area (Å²) in [4.78, 5) is 8.05. The fraction of sp³-hybridized carbons (Fsp3) is 0. The molecule has 0 saturated heterocycles. The molecule has 0 radical (unpaired) electrons. The number of rotatable bonds is 2. The largest absolute Gasteiger partial charge is 0.505 e. The molecule has 6 heteroatoms. The van der Waals surface area contributed by atoms with E-state index >= 15 is 0 Å². The average molecular weight is 279 g/mol. The van der Waals surface area contributed by atoms with Crippen molar-refractivity contribution in [2.24, 2.45) is 0 Å². The van der Waals surface area contributed by atoms with E-state index in [1.54, 1.807) is 12.3 Å². The van der Waals surface area contributed by atoms with E-state index < -0.39 is 0 Å². The number of furan rings is 1. The predicted octanol–water partition coefficient (Wildman–Crippen LogP) is 3.25. The Morgan fingerprint density at radius 1 is 1.10 bits per heavy atom. The van der Waals surface area contributed by atoms with Gasteiger partial charge >= 0.3 is 0 Å². The number of fused-ring (bicyclic) bond motifs is 1. The van der Waals surface area contributed by atoms with Crippen molar-refractivity contribution in [1.82, 2.24) is 15.1 Å². The maximum absolute atomic E-state index is 9.74. The van der Waals surface area contributed by atoms with E-state index in [4.69, 9.17) is 8.94 Å². The predicted molar refractivity (Wildman–Crippen MR) is 74.4 cm³/mol. The first-order valence-electron chi connectivity index (χ1n) is 6.27. The van der Waals surface area contributed by atoms with Crippen LogP contribution < -0.4 is 0 Å². The first-order valence-corrected chi connectivity index (χ1v) is 6.27. The molecular weight excluding hydrogens is 270 g/mol. The van der Waals surface area contributed by atoms with Crippen molar-refractivity contribution in [1.29, 1.82) is 0 Å². The highest BCUT2D eigenvalue weighted by Crippen LogP contribution is 2.30. The maximum atomic E-state index is 9.74. The van der Waals surface area contributed by atoms with Gasteiger partial charge in [0, 0.05) is 11.6 Å².